The molecule has 1 amide bonds. The third-order valence-corrected chi connectivity index (χ3v) is 4.49. The van der Waals surface area contributed by atoms with Gasteiger partial charge in [0.25, 0.3) is 0 Å². The van der Waals surface area contributed by atoms with Gasteiger partial charge in [-0.2, -0.15) is 0 Å². The number of amides is 1. The number of hydrogen-bond acceptors (Lipinski definition) is 3. The summed E-state index contributed by atoms with van der Waals surface area (Å²) in [5.41, 5.74) is 0. The monoisotopic (exact) mass is 289 g/mol. The van der Waals surface area contributed by atoms with Crippen LogP contribution in [0, 0.1) is 5.92 Å². The van der Waals surface area contributed by atoms with Crippen LogP contribution >= 0.6 is 27.3 Å². The predicted molar refractivity (Wildman–Crippen MR) is 62.6 cm³/mol. The van der Waals surface area contributed by atoms with E-state index in [-0.39, 0.29) is 18.4 Å². The van der Waals surface area contributed by atoms with E-state index in [1.165, 1.54) is 4.88 Å². The second-order valence-electron chi connectivity index (χ2n) is 3.72. The molecule has 0 saturated carbocycles. The molecule has 1 aliphatic rings. The number of aliphatic hydroxyl groups excluding tert-OH is 1. The minimum absolute atomic E-state index is 0.105. The SMILES string of the molecule is O=C1CC(CO)CN1Cc1sccc1Br. The van der Waals surface area contributed by atoms with Crippen LogP contribution in [0.15, 0.2) is 15.9 Å². The molecule has 1 N–H and O–H groups in total. The minimum Gasteiger partial charge on any atom is -0.396 e. The number of thiophene rings is 1. The first-order valence-corrected chi connectivity index (χ1v) is 6.48. The molecule has 1 fully saturated rings. The van der Waals surface area contributed by atoms with Crippen LogP contribution in [0.1, 0.15) is 11.3 Å². The molecule has 5 heteroatoms. The number of carbonyl (C=O) groups excluding carboxylic acids is 1. The lowest BCUT2D eigenvalue weighted by atomic mass is 10.1. The second-order valence-corrected chi connectivity index (χ2v) is 5.57. The molecule has 1 unspecified atom stereocenters. The summed E-state index contributed by atoms with van der Waals surface area (Å²) in [5.74, 6) is 0.269. The molecule has 15 heavy (non-hydrogen) atoms. The summed E-state index contributed by atoms with van der Waals surface area (Å²) in [4.78, 5) is 14.6. The Hall–Kier alpha value is -0.390. The first-order valence-electron chi connectivity index (χ1n) is 4.81. The van der Waals surface area contributed by atoms with Gasteiger partial charge >= 0.3 is 0 Å². The highest BCUT2D eigenvalue weighted by molar-refractivity contribution is 9.10. The van der Waals surface area contributed by atoms with Crippen LogP contribution in [0.25, 0.3) is 0 Å². The summed E-state index contributed by atoms with van der Waals surface area (Å²) >= 11 is 5.09. The van der Waals surface area contributed by atoms with Crippen molar-refractivity contribution in [2.75, 3.05) is 13.2 Å². The summed E-state index contributed by atoms with van der Waals surface area (Å²) in [6.07, 6.45) is 0.486. The van der Waals surface area contributed by atoms with Crippen molar-refractivity contribution in [1.29, 1.82) is 0 Å². The van der Waals surface area contributed by atoms with Gasteiger partial charge in [0.2, 0.25) is 5.91 Å². The zero-order chi connectivity index (χ0) is 10.8. The molecular formula is C10H12BrNO2S. The largest absolute Gasteiger partial charge is 0.396 e. The maximum atomic E-state index is 11.6. The van der Waals surface area contributed by atoms with Crippen molar-refractivity contribution in [2.45, 2.75) is 13.0 Å². The number of hydrogen-bond donors (Lipinski definition) is 1. The zero-order valence-corrected chi connectivity index (χ0v) is 10.6. The topological polar surface area (TPSA) is 40.5 Å². The summed E-state index contributed by atoms with van der Waals surface area (Å²) in [6.45, 7) is 1.45. The molecule has 2 rings (SSSR count). The molecule has 0 aliphatic carbocycles. The van der Waals surface area contributed by atoms with Gasteiger partial charge in [0, 0.05) is 34.8 Å². The van der Waals surface area contributed by atoms with Crippen molar-refractivity contribution in [3.63, 3.8) is 0 Å². The van der Waals surface area contributed by atoms with Crippen LogP contribution in [0.4, 0.5) is 0 Å². The van der Waals surface area contributed by atoms with Crippen molar-refractivity contribution in [1.82, 2.24) is 4.90 Å². The number of nitrogens with zero attached hydrogens (tertiary/aromatic N) is 1. The van der Waals surface area contributed by atoms with E-state index < -0.39 is 0 Å². The van der Waals surface area contributed by atoms with E-state index in [2.05, 4.69) is 15.9 Å². The molecule has 0 aromatic carbocycles. The minimum atomic E-state index is 0.105. The van der Waals surface area contributed by atoms with Crippen LogP contribution in [0.2, 0.25) is 0 Å². The van der Waals surface area contributed by atoms with Crippen LogP contribution in [-0.4, -0.2) is 29.1 Å². The van der Waals surface area contributed by atoms with Crippen molar-refractivity contribution in [2.24, 2.45) is 5.92 Å². The smallest absolute Gasteiger partial charge is 0.223 e. The van der Waals surface area contributed by atoms with Crippen molar-refractivity contribution >= 4 is 33.2 Å². The Morgan fingerprint density at radius 1 is 1.67 bits per heavy atom. The highest BCUT2D eigenvalue weighted by atomic mass is 79.9. The molecule has 1 atom stereocenters. The molecule has 2 heterocycles. The maximum absolute atomic E-state index is 11.6. The Morgan fingerprint density at radius 3 is 3.00 bits per heavy atom. The van der Waals surface area contributed by atoms with Crippen molar-refractivity contribution < 1.29 is 9.90 Å². The van der Waals surface area contributed by atoms with Crippen molar-refractivity contribution in [3.05, 3.63) is 20.8 Å². The van der Waals surface area contributed by atoms with Gasteiger partial charge in [-0.05, 0) is 27.4 Å². The fourth-order valence-corrected chi connectivity index (χ4v) is 3.23. The van der Waals surface area contributed by atoms with E-state index in [1.54, 1.807) is 11.3 Å². The Balaban J connectivity index is 2.01. The van der Waals surface area contributed by atoms with Crippen LogP contribution in [-0.2, 0) is 11.3 Å². The van der Waals surface area contributed by atoms with E-state index in [4.69, 9.17) is 5.11 Å². The molecule has 1 aliphatic heterocycles. The second kappa shape index (κ2) is 4.63. The number of likely N-dealkylation sites (tertiary alicyclic amines) is 1. The molecule has 3 nitrogen and oxygen atoms in total. The number of halogens is 1. The lowest BCUT2D eigenvalue weighted by Crippen LogP contribution is -2.24. The van der Waals surface area contributed by atoms with E-state index in [9.17, 15) is 4.79 Å². The van der Waals surface area contributed by atoms with Gasteiger partial charge in [0.05, 0.1) is 6.54 Å². The first-order chi connectivity index (χ1) is 7.20. The lowest BCUT2D eigenvalue weighted by molar-refractivity contribution is -0.128. The molecular weight excluding hydrogens is 278 g/mol. The van der Waals surface area contributed by atoms with Gasteiger partial charge in [-0.15, -0.1) is 11.3 Å². The fraction of sp³-hybridized carbons (Fsp3) is 0.500. The Kier molecular flexibility index (Phi) is 3.43. The van der Waals surface area contributed by atoms with Gasteiger partial charge in [0.1, 0.15) is 0 Å². The van der Waals surface area contributed by atoms with Crippen molar-refractivity contribution in [3.8, 4) is 0 Å². The quantitative estimate of drug-likeness (QED) is 0.923. The van der Waals surface area contributed by atoms with Crippen LogP contribution in [0.5, 0.6) is 0 Å². The van der Waals surface area contributed by atoms with Gasteiger partial charge in [-0.1, -0.05) is 0 Å². The number of carbonyl (C=O) groups is 1. The number of rotatable bonds is 3. The highest BCUT2D eigenvalue weighted by Crippen LogP contribution is 2.27. The first kappa shape index (κ1) is 11.1. The summed E-state index contributed by atoms with van der Waals surface area (Å²) in [6, 6.07) is 1.99. The normalized spacial score (nSPS) is 21.3. The van der Waals surface area contributed by atoms with Gasteiger partial charge in [-0.3, -0.25) is 4.79 Å². The standard InChI is InChI=1S/C10H12BrNO2S/c11-8-1-2-15-9(8)5-12-4-7(6-13)3-10(12)14/h1-2,7,13H,3-6H2. The summed E-state index contributed by atoms with van der Waals surface area (Å²) in [7, 11) is 0. The molecule has 0 radical (unpaired) electrons. The molecule has 1 aromatic heterocycles. The molecule has 0 bridgehead atoms. The maximum Gasteiger partial charge on any atom is 0.223 e. The van der Waals surface area contributed by atoms with Gasteiger partial charge < -0.3 is 10.0 Å². The van der Waals surface area contributed by atoms with E-state index in [1.807, 2.05) is 16.3 Å². The Morgan fingerprint density at radius 2 is 2.47 bits per heavy atom. The fourth-order valence-electron chi connectivity index (χ4n) is 1.74. The molecule has 82 valence electrons. The average molecular weight is 290 g/mol. The zero-order valence-electron chi connectivity index (χ0n) is 8.15. The third-order valence-electron chi connectivity index (χ3n) is 2.58. The molecule has 1 saturated heterocycles. The van der Waals surface area contributed by atoms with E-state index in [0.29, 0.717) is 19.5 Å². The van der Waals surface area contributed by atoms with Crippen LogP contribution in [0.3, 0.4) is 0 Å². The molecule has 1 aromatic rings. The Labute approximate surface area is 101 Å². The molecule has 0 spiro atoms. The van der Waals surface area contributed by atoms with Crippen LogP contribution < -0.4 is 0 Å². The summed E-state index contributed by atoms with van der Waals surface area (Å²) < 4.78 is 1.06. The highest BCUT2D eigenvalue weighted by Gasteiger charge is 2.29. The summed E-state index contributed by atoms with van der Waals surface area (Å²) in [5, 5.41) is 11.0. The average Bonchev–Trinajstić information content (AvgIpc) is 2.76. The number of aliphatic hydroxyl groups is 1. The predicted octanol–water partition coefficient (Wildman–Crippen LogP) is 1.85. The Bertz CT molecular complexity index is 366. The van der Waals surface area contributed by atoms with Gasteiger partial charge in [-0.25, -0.2) is 0 Å². The van der Waals surface area contributed by atoms with Gasteiger partial charge in [0.15, 0.2) is 0 Å². The van der Waals surface area contributed by atoms with E-state index >= 15 is 0 Å². The third kappa shape index (κ3) is 2.41. The van der Waals surface area contributed by atoms with E-state index in [0.717, 1.165) is 4.47 Å². The lowest BCUT2D eigenvalue weighted by Gasteiger charge is -2.15.